The predicted octanol–water partition coefficient (Wildman–Crippen LogP) is 3.03. The lowest BCUT2D eigenvalue weighted by Crippen LogP contribution is -2.10. The fourth-order valence-corrected chi connectivity index (χ4v) is 3.32. The van der Waals surface area contributed by atoms with Crippen LogP contribution >= 0.6 is 27.3 Å². The Morgan fingerprint density at radius 2 is 2.43 bits per heavy atom. The summed E-state index contributed by atoms with van der Waals surface area (Å²) in [6, 6.07) is 2.13. The van der Waals surface area contributed by atoms with Gasteiger partial charge in [-0.2, -0.15) is 0 Å². The highest BCUT2D eigenvalue weighted by Crippen LogP contribution is 2.38. The standard InChI is InChI=1S/C10H13BrO2S/c1-6-8(11)4-10(14-6)9-3-2-7(5-12)13-9/h4,7,9,12H,2-3,5H2,1H3. The van der Waals surface area contributed by atoms with E-state index in [1.807, 2.05) is 0 Å². The van der Waals surface area contributed by atoms with Crippen LogP contribution in [0.5, 0.6) is 0 Å². The molecule has 1 aromatic heterocycles. The van der Waals surface area contributed by atoms with Gasteiger partial charge in [0.2, 0.25) is 0 Å². The van der Waals surface area contributed by atoms with Crippen molar-refractivity contribution in [3.63, 3.8) is 0 Å². The minimum Gasteiger partial charge on any atom is -0.394 e. The Labute approximate surface area is 96.0 Å². The summed E-state index contributed by atoms with van der Waals surface area (Å²) in [5, 5.41) is 8.96. The summed E-state index contributed by atoms with van der Waals surface area (Å²) in [6.45, 7) is 2.23. The molecule has 0 bridgehead atoms. The van der Waals surface area contributed by atoms with Crippen LogP contribution in [0.4, 0.5) is 0 Å². The zero-order valence-corrected chi connectivity index (χ0v) is 10.4. The van der Waals surface area contributed by atoms with Crippen molar-refractivity contribution in [1.82, 2.24) is 0 Å². The van der Waals surface area contributed by atoms with E-state index in [1.54, 1.807) is 11.3 Å². The molecule has 1 saturated heterocycles. The fraction of sp³-hybridized carbons (Fsp3) is 0.600. The van der Waals surface area contributed by atoms with Crippen LogP contribution in [0.2, 0.25) is 0 Å². The second kappa shape index (κ2) is 4.31. The van der Waals surface area contributed by atoms with Crippen LogP contribution in [0.3, 0.4) is 0 Å². The Kier molecular flexibility index (Phi) is 3.27. The number of aryl methyl sites for hydroxylation is 1. The molecule has 0 spiro atoms. The Morgan fingerprint density at radius 1 is 1.64 bits per heavy atom. The van der Waals surface area contributed by atoms with Gasteiger partial charge in [0.1, 0.15) is 0 Å². The van der Waals surface area contributed by atoms with E-state index in [-0.39, 0.29) is 18.8 Å². The molecule has 0 aliphatic carbocycles. The number of hydrogen-bond acceptors (Lipinski definition) is 3. The average molecular weight is 277 g/mol. The number of thiophene rings is 1. The van der Waals surface area contributed by atoms with E-state index in [0.717, 1.165) is 17.3 Å². The molecule has 14 heavy (non-hydrogen) atoms. The van der Waals surface area contributed by atoms with E-state index < -0.39 is 0 Å². The molecule has 1 aliphatic heterocycles. The average Bonchev–Trinajstić information content (AvgIpc) is 2.74. The number of rotatable bonds is 2. The topological polar surface area (TPSA) is 29.5 Å². The van der Waals surface area contributed by atoms with Gasteiger partial charge in [-0.25, -0.2) is 0 Å². The van der Waals surface area contributed by atoms with Crippen LogP contribution in [0.25, 0.3) is 0 Å². The van der Waals surface area contributed by atoms with E-state index in [1.165, 1.54) is 9.75 Å². The van der Waals surface area contributed by atoms with Crippen molar-refractivity contribution in [2.24, 2.45) is 0 Å². The van der Waals surface area contributed by atoms with Gasteiger partial charge in [-0.1, -0.05) is 0 Å². The Bertz CT molecular complexity index is 304. The van der Waals surface area contributed by atoms with Crippen molar-refractivity contribution in [1.29, 1.82) is 0 Å². The van der Waals surface area contributed by atoms with Crippen LogP contribution in [0, 0.1) is 6.92 Å². The Hall–Kier alpha value is 0.100. The van der Waals surface area contributed by atoms with Crippen molar-refractivity contribution in [3.05, 3.63) is 20.3 Å². The minimum absolute atomic E-state index is 0.0428. The molecule has 4 heteroatoms. The first-order valence-corrected chi connectivity index (χ1v) is 6.34. The Balaban J connectivity index is 2.09. The first-order chi connectivity index (χ1) is 6.70. The van der Waals surface area contributed by atoms with Crippen molar-refractivity contribution < 1.29 is 9.84 Å². The third-order valence-electron chi connectivity index (χ3n) is 2.50. The molecule has 2 unspecified atom stereocenters. The summed E-state index contributed by atoms with van der Waals surface area (Å²) < 4.78 is 6.87. The lowest BCUT2D eigenvalue weighted by atomic mass is 10.2. The lowest BCUT2D eigenvalue weighted by molar-refractivity contribution is 0.0124. The van der Waals surface area contributed by atoms with Crippen LogP contribution in [0.15, 0.2) is 10.5 Å². The van der Waals surface area contributed by atoms with Crippen molar-refractivity contribution in [2.45, 2.75) is 32.0 Å². The summed E-state index contributed by atoms with van der Waals surface area (Å²) in [4.78, 5) is 2.56. The van der Waals surface area contributed by atoms with Gasteiger partial charge in [0, 0.05) is 14.2 Å². The van der Waals surface area contributed by atoms with Crippen LogP contribution in [-0.2, 0) is 4.74 Å². The third-order valence-corrected chi connectivity index (χ3v) is 4.73. The molecule has 2 nitrogen and oxygen atoms in total. The summed E-state index contributed by atoms with van der Waals surface area (Å²) in [5.74, 6) is 0. The molecular formula is C10H13BrO2S. The monoisotopic (exact) mass is 276 g/mol. The molecule has 1 aliphatic rings. The van der Waals surface area contributed by atoms with E-state index in [9.17, 15) is 0 Å². The number of ether oxygens (including phenoxy) is 1. The summed E-state index contributed by atoms with van der Waals surface area (Å²) >= 11 is 5.27. The second-order valence-corrected chi connectivity index (χ2v) is 5.70. The zero-order valence-electron chi connectivity index (χ0n) is 8.00. The molecule has 0 saturated carbocycles. The normalized spacial score (nSPS) is 27.1. The van der Waals surface area contributed by atoms with Crippen molar-refractivity contribution in [2.75, 3.05) is 6.61 Å². The highest BCUT2D eigenvalue weighted by Gasteiger charge is 2.27. The van der Waals surface area contributed by atoms with Gasteiger partial charge in [-0.15, -0.1) is 11.3 Å². The highest BCUT2D eigenvalue weighted by atomic mass is 79.9. The molecule has 1 aromatic rings. The van der Waals surface area contributed by atoms with Crippen LogP contribution < -0.4 is 0 Å². The molecule has 2 rings (SSSR count). The highest BCUT2D eigenvalue weighted by molar-refractivity contribution is 9.10. The van der Waals surface area contributed by atoms with Crippen molar-refractivity contribution >= 4 is 27.3 Å². The fourth-order valence-electron chi connectivity index (χ4n) is 1.69. The van der Waals surface area contributed by atoms with E-state index >= 15 is 0 Å². The SMILES string of the molecule is Cc1sc(C2CCC(CO)O2)cc1Br. The summed E-state index contributed by atoms with van der Waals surface area (Å²) in [5.41, 5.74) is 0. The molecule has 78 valence electrons. The lowest BCUT2D eigenvalue weighted by Gasteiger charge is -2.09. The Morgan fingerprint density at radius 3 is 2.93 bits per heavy atom. The summed E-state index contributed by atoms with van der Waals surface area (Å²) in [7, 11) is 0. The minimum atomic E-state index is 0.0428. The number of aliphatic hydroxyl groups excluding tert-OH is 1. The zero-order chi connectivity index (χ0) is 10.1. The molecule has 1 fully saturated rings. The van der Waals surface area contributed by atoms with E-state index in [4.69, 9.17) is 9.84 Å². The van der Waals surface area contributed by atoms with Gasteiger partial charge >= 0.3 is 0 Å². The maximum Gasteiger partial charge on any atom is 0.0923 e. The van der Waals surface area contributed by atoms with Gasteiger partial charge in [0.05, 0.1) is 18.8 Å². The molecule has 0 aromatic carbocycles. The van der Waals surface area contributed by atoms with E-state index in [0.29, 0.717) is 0 Å². The smallest absolute Gasteiger partial charge is 0.0923 e. The number of hydrogen-bond donors (Lipinski definition) is 1. The second-order valence-electron chi connectivity index (χ2n) is 3.56. The van der Waals surface area contributed by atoms with E-state index in [2.05, 4.69) is 28.9 Å². The number of aliphatic hydroxyl groups is 1. The van der Waals surface area contributed by atoms with Crippen LogP contribution in [0.1, 0.15) is 28.7 Å². The first kappa shape index (κ1) is 10.6. The summed E-state index contributed by atoms with van der Waals surface area (Å²) in [6.07, 6.45) is 2.23. The van der Waals surface area contributed by atoms with Gasteiger partial charge in [0.15, 0.2) is 0 Å². The van der Waals surface area contributed by atoms with Crippen molar-refractivity contribution in [3.8, 4) is 0 Å². The molecule has 0 radical (unpaired) electrons. The van der Waals surface area contributed by atoms with Gasteiger partial charge in [-0.3, -0.25) is 0 Å². The van der Waals surface area contributed by atoms with Gasteiger partial charge < -0.3 is 9.84 Å². The maximum absolute atomic E-state index is 8.96. The number of halogens is 1. The molecular weight excluding hydrogens is 264 g/mol. The molecule has 2 heterocycles. The predicted molar refractivity (Wildman–Crippen MR) is 60.7 cm³/mol. The maximum atomic E-state index is 8.96. The molecule has 0 amide bonds. The first-order valence-electron chi connectivity index (χ1n) is 4.73. The van der Waals surface area contributed by atoms with Gasteiger partial charge in [-0.05, 0) is 41.8 Å². The molecule has 2 atom stereocenters. The van der Waals surface area contributed by atoms with Gasteiger partial charge in [0.25, 0.3) is 0 Å². The quantitative estimate of drug-likeness (QED) is 0.900. The third kappa shape index (κ3) is 2.03. The van der Waals surface area contributed by atoms with Crippen LogP contribution in [-0.4, -0.2) is 17.8 Å². The molecule has 1 N–H and O–H groups in total. The largest absolute Gasteiger partial charge is 0.394 e.